The summed E-state index contributed by atoms with van der Waals surface area (Å²) in [5, 5.41) is 2.75. The first kappa shape index (κ1) is 13.0. The van der Waals surface area contributed by atoms with E-state index in [2.05, 4.69) is 5.32 Å². The maximum absolute atomic E-state index is 11.4. The quantitative estimate of drug-likeness (QED) is 0.865. The molecule has 0 aromatic heterocycles. The zero-order valence-corrected chi connectivity index (χ0v) is 10.3. The predicted molar refractivity (Wildman–Crippen MR) is 66.2 cm³/mol. The molecule has 5 nitrogen and oxygen atoms in total. The minimum absolute atomic E-state index is 0.0765. The number of hydrogen-bond donors (Lipinski definition) is 1. The van der Waals surface area contributed by atoms with E-state index in [4.69, 9.17) is 14.2 Å². The smallest absolute Gasteiger partial charge is 0.250 e. The lowest BCUT2D eigenvalue weighted by Gasteiger charge is -2.10. The fourth-order valence-corrected chi connectivity index (χ4v) is 1.67. The summed E-state index contributed by atoms with van der Waals surface area (Å²) in [5.74, 6) is -0.155. The Morgan fingerprint density at radius 3 is 2.61 bits per heavy atom. The molecule has 18 heavy (non-hydrogen) atoms. The zero-order valence-electron chi connectivity index (χ0n) is 10.3. The van der Waals surface area contributed by atoms with Gasteiger partial charge in [0, 0.05) is 17.9 Å². The first-order valence-corrected chi connectivity index (χ1v) is 6.00. The molecule has 1 N–H and O–H groups in total. The van der Waals surface area contributed by atoms with Gasteiger partial charge in [0.15, 0.2) is 6.29 Å². The maximum atomic E-state index is 11.4. The highest BCUT2D eigenvalue weighted by molar-refractivity contribution is 5.91. The van der Waals surface area contributed by atoms with Crippen LogP contribution in [-0.4, -0.2) is 32.3 Å². The molecule has 0 saturated carbocycles. The Balaban J connectivity index is 1.88. The molecule has 1 aromatic carbocycles. The summed E-state index contributed by atoms with van der Waals surface area (Å²) < 4.78 is 15.8. The van der Waals surface area contributed by atoms with Gasteiger partial charge in [0.1, 0.15) is 6.61 Å². The normalized spacial score (nSPS) is 15.8. The second kappa shape index (κ2) is 6.49. The molecular formula is C13H17NO4. The van der Waals surface area contributed by atoms with Crippen LogP contribution in [-0.2, 0) is 19.0 Å². The molecule has 1 aliphatic heterocycles. The van der Waals surface area contributed by atoms with E-state index in [9.17, 15) is 4.79 Å². The van der Waals surface area contributed by atoms with Crippen LogP contribution < -0.4 is 5.32 Å². The molecule has 2 rings (SSSR count). The lowest BCUT2D eigenvalue weighted by Crippen LogP contribution is -2.18. The van der Waals surface area contributed by atoms with Crippen molar-refractivity contribution < 1.29 is 19.0 Å². The van der Waals surface area contributed by atoms with E-state index in [0.29, 0.717) is 19.8 Å². The van der Waals surface area contributed by atoms with Crippen molar-refractivity contribution in [3.05, 3.63) is 29.8 Å². The van der Waals surface area contributed by atoms with E-state index < -0.39 is 0 Å². The van der Waals surface area contributed by atoms with E-state index in [1.807, 2.05) is 31.2 Å². The summed E-state index contributed by atoms with van der Waals surface area (Å²) in [6.07, 6.45) is -0.279. The molecule has 0 spiro atoms. The largest absolute Gasteiger partial charge is 0.372 e. The van der Waals surface area contributed by atoms with E-state index in [-0.39, 0.29) is 18.8 Å². The zero-order chi connectivity index (χ0) is 12.8. The minimum Gasteiger partial charge on any atom is -0.372 e. The van der Waals surface area contributed by atoms with Gasteiger partial charge in [-0.2, -0.15) is 0 Å². The molecule has 5 heteroatoms. The Bertz CT molecular complexity index is 384. The molecule has 98 valence electrons. The number of amides is 1. The first-order chi connectivity index (χ1) is 8.79. The first-order valence-electron chi connectivity index (χ1n) is 6.00. The topological polar surface area (TPSA) is 56.8 Å². The Morgan fingerprint density at radius 1 is 1.33 bits per heavy atom. The van der Waals surface area contributed by atoms with Crippen molar-refractivity contribution >= 4 is 11.6 Å². The van der Waals surface area contributed by atoms with Crippen molar-refractivity contribution in [2.45, 2.75) is 13.2 Å². The summed E-state index contributed by atoms with van der Waals surface area (Å²) in [5.41, 5.74) is 1.69. The van der Waals surface area contributed by atoms with Crippen LogP contribution >= 0.6 is 0 Å². The Kier molecular flexibility index (Phi) is 4.69. The lowest BCUT2D eigenvalue weighted by molar-refractivity contribution is -0.120. The molecule has 0 bridgehead atoms. The van der Waals surface area contributed by atoms with Gasteiger partial charge < -0.3 is 19.5 Å². The van der Waals surface area contributed by atoms with Gasteiger partial charge in [0.25, 0.3) is 0 Å². The Labute approximate surface area is 106 Å². The van der Waals surface area contributed by atoms with Gasteiger partial charge in [-0.15, -0.1) is 0 Å². The summed E-state index contributed by atoms with van der Waals surface area (Å²) in [7, 11) is 0. The third-order valence-corrected chi connectivity index (χ3v) is 2.53. The van der Waals surface area contributed by atoms with Gasteiger partial charge in [-0.05, 0) is 19.1 Å². The van der Waals surface area contributed by atoms with Crippen molar-refractivity contribution in [3.63, 3.8) is 0 Å². The number of anilines is 1. The molecule has 1 aromatic rings. The molecule has 1 saturated heterocycles. The van der Waals surface area contributed by atoms with Crippen molar-refractivity contribution in [2.24, 2.45) is 0 Å². The molecular weight excluding hydrogens is 234 g/mol. The van der Waals surface area contributed by atoms with Crippen LogP contribution in [0.25, 0.3) is 0 Å². The molecule has 1 aliphatic rings. The van der Waals surface area contributed by atoms with Gasteiger partial charge in [0.2, 0.25) is 5.91 Å². The second-order valence-corrected chi connectivity index (χ2v) is 3.88. The van der Waals surface area contributed by atoms with E-state index in [0.717, 1.165) is 11.3 Å². The van der Waals surface area contributed by atoms with E-state index in [1.54, 1.807) is 0 Å². The molecule has 1 heterocycles. The molecule has 0 radical (unpaired) electrons. The van der Waals surface area contributed by atoms with Crippen LogP contribution in [0.4, 0.5) is 5.69 Å². The highest BCUT2D eigenvalue weighted by Gasteiger charge is 2.17. The third kappa shape index (κ3) is 3.53. The van der Waals surface area contributed by atoms with Gasteiger partial charge in [-0.1, -0.05) is 12.1 Å². The van der Waals surface area contributed by atoms with Crippen LogP contribution in [0.1, 0.15) is 18.8 Å². The summed E-state index contributed by atoms with van der Waals surface area (Å²) in [4.78, 5) is 11.4. The molecule has 1 amide bonds. The van der Waals surface area contributed by atoms with Crippen molar-refractivity contribution in [1.82, 2.24) is 0 Å². The number of nitrogens with one attached hydrogen (secondary N) is 1. The molecule has 0 atom stereocenters. The van der Waals surface area contributed by atoms with Crippen LogP contribution in [0.15, 0.2) is 24.3 Å². The number of rotatable bonds is 5. The maximum Gasteiger partial charge on any atom is 0.250 e. The average Bonchev–Trinajstić information content (AvgIpc) is 2.91. The highest BCUT2D eigenvalue weighted by Crippen LogP contribution is 2.24. The van der Waals surface area contributed by atoms with Crippen LogP contribution in [0, 0.1) is 0 Å². The monoisotopic (exact) mass is 251 g/mol. The molecule has 1 fully saturated rings. The summed E-state index contributed by atoms with van der Waals surface area (Å²) in [6, 6.07) is 7.41. The Hall–Kier alpha value is -1.43. The number of carbonyl (C=O) groups is 1. The average molecular weight is 251 g/mol. The van der Waals surface area contributed by atoms with Gasteiger partial charge in [-0.3, -0.25) is 4.79 Å². The van der Waals surface area contributed by atoms with Crippen LogP contribution in [0.3, 0.4) is 0 Å². The lowest BCUT2D eigenvalue weighted by atomic mass is 10.2. The fourth-order valence-electron chi connectivity index (χ4n) is 1.67. The molecule has 0 unspecified atom stereocenters. The number of ether oxygens (including phenoxy) is 3. The minimum atomic E-state index is -0.279. The van der Waals surface area contributed by atoms with Gasteiger partial charge in [0.05, 0.1) is 13.2 Å². The van der Waals surface area contributed by atoms with Crippen molar-refractivity contribution in [3.8, 4) is 0 Å². The third-order valence-electron chi connectivity index (χ3n) is 2.53. The number of carbonyl (C=O) groups excluding carboxylic acids is 1. The van der Waals surface area contributed by atoms with E-state index >= 15 is 0 Å². The van der Waals surface area contributed by atoms with Crippen LogP contribution in [0.5, 0.6) is 0 Å². The number of benzene rings is 1. The summed E-state index contributed by atoms with van der Waals surface area (Å²) >= 11 is 0. The SMILES string of the molecule is CCOCC(=O)Nc1ccc(C2OCCO2)cc1. The van der Waals surface area contributed by atoms with Crippen LogP contribution in [0.2, 0.25) is 0 Å². The van der Waals surface area contributed by atoms with Gasteiger partial charge in [-0.25, -0.2) is 0 Å². The van der Waals surface area contributed by atoms with Gasteiger partial charge >= 0.3 is 0 Å². The second-order valence-electron chi connectivity index (χ2n) is 3.88. The van der Waals surface area contributed by atoms with Crippen molar-refractivity contribution in [1.29, 1.82) is 0 Å². The summed E-state index contributed by atoms with van der Waals surface area (Å²) in [6.45, 7) is 3.70. The number of hydrogen-bond acceptors (Lipinski definition) is 4. The van der Waals surface area contributed by atoms with Crippen molar-refractivity contribution in [2.75, 3.05) is 31.7 Å². The standard InChI is InChI=1S/C13H17NO4/c1-2-16-9-12(15)14-11-5-3-10(4-6-11)13-17-7-8-18-13/h3-6,13H,2,7-9H2,1H3,(H,14,15). The highest BCUT2D eigenvalue weighted by atomic mass is 16.7. The van der Waals surface area contributed by atoms with E-state index in [1.165, 1.54) is 0 Å². The fraction of sp³-hybridized carbons (Fsp3) is 0.462. The molecule has 0 aliphatic carbocycles. The Morgan fingerprint density at radius 2 is 2.00 bits per heavy atom. The predicted octanol–water partition coefficient (Wildman–Crippen LogP) is 1.71.